The molecule has 0 amide bonds. The monoisotopic (exact) mass is 305 g/mol. The van der Waals surface area contributed by atoms with Gasteiger partial charge in [-0.1, -0.05) is 28.9 Å². The fourth-order valence-electron chi connectivity index (χ4n) is 1.74. The van der Waals surface area contributed by atoms with E-state index in [1.807, 2.05) is 19.1 Å². The summed E-state index contributed by atoms with van der Waals surface area (Å²) >= 11 is 3.49. The van der Waals surface area contributed by atoms with E-state index in [0.717, 1.165) is 21.6 Å². The van der Waals surface area contributed by atoms with Gasteiger partial charge in [-0.2, -0.15) is 0 Å². The first-order valence-corrected chi connectivity index (χ1v) is 6.70. The van der Waals surface area contributed by atoms with Crippen molar-refractivity contribution in [3.8, 4) is 11.3 Å². The van der Waals surface area contributed by atoms with Gasteiger partial charge in [0.05, 0.1) is 5.69 Å². The second kappa shape index (κ2) is 5.59. The van der Waals surface area contributed by atoms with Crippen LogP contribution in [0.25, 0.3) is 11.3 Å². The molecule has 1 unspecified atom stereocenters. The number of halogens is 1. The minimum absolute atomic E-state index is 0.178. The van der Waals surface area contributed by atoms with Gasteiger partial charge in [-0.05, 0) is 30.7 Å². The SMILES string of the molecule is Cc1ccc(Br)cc1-c1ccnc(C(C)CN)n1. The van der Waals surface area contributed by atoms with Gasteiger partial charge in [0.25, 0.3) is 0 Å². The van der Waals surface area contributed by atoms with Crippen molar-refractivity contribution in [2.75, 3.05) is 6.54 Å². The molecular weight excluding hydrogens is 290 g/mol. The predicted molar refractivity (Wildman–Crippen MR) is 77.4 cm³/mol. The minimum Gasteiger partial charge on any atom is -0.330 e. The van der Waals surface area contributed by atoms with Gasteiger partial charge in [0.15, 0.2) is 0 Å². The molecule has 1 heterocycles. The molecule has 0 aliphatic rings. The summed E-state index contributed by atoms with van der Waals surface area (Å²) in [5, 5.41) is 0. The molecule has 0 aliphatic heterocycles. The molecule has 2 aromatic rings. The topological polar surface area (TPSA) is 51.8 Å². The standard InChI is InChI=1S/C14H16BrN3/c1-9-3-4-11(15)7-12(9)13-5-6-17-14(18-13)10(2)8-16/h3-7,10H,8,16H2,1-2H3. The van der Waals surface area contributed by atoms with Crippen molar-refractivity contribution in [1.29, 1.82) is 0 Å². The lowest BCUT2D eigenvalue weighted by molar-refractivity contribution is 0.712. The van der Waals surface area contributed by atoms with Crippen LogP contribution in [0.4, 0.5) is 0 Å². The van der Waals surface area contributed by atoms with E-state index in [2.05, 4.69) is 45.0 Å². The first kappa shape index (κ1) is 13.2. The quantitative estimate of drug-likeness (QED) is 0.947. The number of nitrogens with zero attached hydrogens (tertiary/aromatic N) is 2. The van der Waals surface area contributed by atoms with Gasteiger partial charge in [-0.25, -0.2) is 9.97 Å². The molecule has 0 saturated carbocycles. The maximum Gasteiger partial charge on any atom is 0.133 e. The summed E-state index contributed by atoms with van der Waals surface area (Å²) in [7, 11) is 0. The van der Waals surface area contributed by atoms with Crippen LogP contribution in [0, 0.1) is 6.92 Å². The molecule has 4 heteroatoms. The molecule has 2 rings (SSSR count). The molecule has 1 atom stereocenters. The van der Waals surface area contributed by atoms with Gasteiger partial charge in [0, 0.05) is 28.7 Å². The van der Waals surface area contributed by atoms with E-state index >= 15 is 0 Å². The van der Waals surface area contributed by atoms with E-state index in [4.69, 9.17) is 5.73 Å². The zero-order chi connectivity index (χ0) is 13.1. The number of rotatable bonds is 3. The molecule has 0 spiro atoms. The maximum atomic E-state index is 5.66. The fourth-order valence-corrected chi connectivity index (χ4v) is 2.10. The molecule has 1 aromatic heterocycles. The second-order valence-electron chi connectivity index (χ2n) is 4.40. The third-order valence-corrected chi connectivity index (χ3v) is 3.44. The summed E-state index contributed by atoms with van der Waals surface area (Å²) in [6.45, 7) is 4.67. The Morgan fingerprint density at radius 2 is 2.11 bits per heavy atom. The summed E-state index contributed by atoms with van der Waals surface area (Å²) in [6.07, 6.45) is 1.80. The Morgan fingerprint density at radius 1 is 1.33 bits per heavy atom. The minimum atomic E-state index is 0.178. The van der Waals surface area contributed by atoms with Crippen molar-refractivity contribution in [2.45, 2.75) is 19.8 Å². The normalized spacial score (nSPS) is 12.4. The lowest BCUT2D eigenvalue weighted by Gasteiger charge is -2.10. The highest BCUT2D eigenvalue weighted by atomic mass is 79.9. The van der Waals surface area contributed by atoms with Gasteiger partial charge in [-0.15, -0.1) is 0 Å². The van der Waals surface area contributed by atoms with Crippen LogP contribution in [0.15, 0.2) is 34.9 Å². The molecule has 0 radical (unpaired) electrons. The summed E-state index contributed by atoms with van der Waals surface area (Å²) in [5.41, 5.74) is 8.92. The summed E-state index contributed by atoms with van der Waals surface area (Å²) in [6, 6.07) is 8.12. The van der Waals surface area contributed by atoms with E-state index in [0.29, 0.717) is 6.54 Å². The lowest BCUT2D eigenvalue weighted by atomic mass is 10.1. The lowest BCUT2D eigenvalue weighted by Crippen LogP contribution is -2.12. The second-order valence-corrected chi connectivity index (χ2v) is 5.31. The summed E-state index contributed by atoms with van der Waals surface area (Å²) in [5.74, 6) is 0.979. The zero-order valence-electron chi connectivity index (χ0n) is 10.5. The summed E-state index contributed by atoms with van der Waals surface area (Å²) in [4.78, 5) is 8.89. The molecule has 0 fully saturated rings. The highest BCUT2D eigenvalue weighted by Gasteiger charge is 2.10. The molecule has 1 aromatic carbocycles. The maximum absolute atomic E-state index is 5.66. The Balaban J connectivity index is 2.47. The molecule has 2 N–H and O–H groups in total. The Kier molecular flexibility index (Phi) is 4.09. The Labute approximate surface area is 116 Å². The fraction of sp³-hybridized carbons (Fsp3) is 0.286. The van der Waals surface area contributed by atoms with Crippen molar-refractivity contribution in [3.63, 3.8) is 0 Å². The van der Waals surface area contributed by atoms with E-state index < -0.39 is 0 Å². The average Bonchev–Trinajstić information content (AvgIpc) is 2.40. The van der Waals surface area contributed by atoms with Crippen molar-refractivity contribution in [3.05, 3.63) is 46.3 Å². The van der Waals surface area contributed by atoms with Crippen LogP contribution < -0.4 is 5.73 Å². The van der Waals surface area contributed by atoms with Crippen LogP contribution in [0.3, 0.4) is 0 Å². The predicted octanol–water partition coefficient (Wildman–Crippen LogP) is 3.28. The van der Waals surface area contributed by atoms with E-state index in [9.17, 15) is 0 Å². The Bertz CT molecular complexity index is 554. The molecule has 0 saturated heterocycles. The molecular formula is C14H16BrN3. The first-order chi connectivity index (χ1) is 8.61. The van der Waals surface area contributed by atoms with E-state index in [-0.39, 0.29) is 5.92 Å². The Morgan fingerprint density at radius 3 is 2.83 bits per heavy atom. The van der Waals surface area contributed by atoms with Gasteiger partial charge in [-0.3, -0.25) is 0 Å². The van der Waals surface area contributed by atoms with Crippen molar-refractivity contribution >= 4 is 15.9 Å². The molecule has 0 bridgehead atoms. The number of hydrogen-bond acceptors (Lipinski definition) is 3. The highest BCUT2D eigenvalue weighted by molar-refractivity contribution is 9.10. The number of nitrogens with two attached hydrogens (primary N) is 1. The van der Waals surface area contributed by atoms with Gasteiger partial charge < -0.3 is 5.73 Å². The van der Waals surface area contributed by atoms with Crippen LogP contribution in [0.5, 0.6) is 0 Å². The van der Waals surface area contributed by atoms with Gasteiger partial charge in [0.2, 0.25) is 0 Å². The number of benzene rings is 1. The highest BCUT2D eigenvalue weighted by Crippen LogP contribution is 2.25. The van der Waals surface area contributed by atoms with Crippen LogP contribution in [-0.4, -0.2) is 16.5 Å². The molecule has 3 nitrogen and oxygen atoms in total. The van der Waals surface area contributed by atoms with Crippen molar-refractivity contribution in [2.24, 2.45) is 5.73 Å². The third-order valence-electron chi connectivity index (χ3n) is 2.94. The molecule has 94 valence electrons. The van der Waals surface area contributed by atoms with Gasteiger partial charge in [0.1, 0.15) is 5.82 Å². The third kappa shape index (κ3) is 2.76. The molecule has 18 heavy (non-hydrogen) atoms. The van der Waals surface area contributed by atoms with Gasteiger partial charge >= 0.3 is 0 Å². The summed E-state index contributed by atoms with van der Waals surface area (Å²) < 4.78 is 1.05. The van der Waals surface area contributed by atoms with Crippen LogP contribution >= 0.6 is 15.9 Å². The number of hydrogen-bond donors (Lipinski definition) is 1. The van der Waals surface area contributed by atoms with Crippen molar-refractivity contribution < 1.29 is 0 Å². The van der Waals surface area contributed by atoms with Crippen LogP contribution in [0.2, 0.25) is 0 Å². The number of aromatic nitrogens is 2. The van der Waals surface area contributed by atoms with Crippen LogP contribution in [0.1, 0.15) is 24.2 Å². The average molecular weight is 306 g/mol. The smallest absolute Gasteiger partial charge is 0.133 e. The largest absolute Gasteiger partial charge is 0.330 e. The number of aryl methyl sites for hydroxylation is 1. The van der Waals surface area contributed by atoms with Crippen LogP contribution in [-0.2, 0) is 0 Å². The molecule has 0 aliphatic carbocycles. The Hall–Kier alpha value is -1.26. The van der Waals surface area contributed by atoms with E-state index in [1.165, 1.54) is 5.56 Å². The zero-order valence-corrected chi connectivity index (χ0v) is 12.1. The van der Waals surface area contributed by atoms with E-state index in [1.54, 1.807) is 6.20 Å². The van der Waals surface area contributed by atoms with Crippen molar-refractivity contribution in [1.82, 2.24) is 9.97 Å². The first-order valence-electron chi connectivity index (χ1n) is 5.91.